The lowest BCUT2D eigenvalue weighted by Gasteiger charge is -2.11. The van der Waals surface area contributed by atoms with Crippen LogP contribution in [0.15, 0.2) is 42.5 Å². The average molecular weight is 368 g/mol. The van der Waals surface area contributed by atoms with E-state index in [1.165, 1.54) is 13.2 Å². The minimum Gasteiger partial charge on any atom is -0.495 e. The minimum atomic E-state index is -0.535. The number of para-hydroxylation sites is 2. The maximum atomic E-state index is 11.9. The lowest BCUT2D eigenvalue weighted by molar-refractivity contribution is -0.115. The predicted octanol–water partition coefficient (Wildman–Crippen LogP) is 3.76. The number of ether oxygens (including phenoxy) is 1. The molecule has 0 spiro atoms. The van der Waals surface area contributed by atoms with Crippen LogP contribution in [0.25, 0.3) is 0 Å². The molecule has 3 amide bonds. The van der Waals surface area contributed by atoms with Gasteiger partial charge in [0.15, 0.2) is 0 Å². The zero-order chi connectivity index (χ0) is 17.5. The van der Waals surface area contributed by atoms with Gasteiger partial charge in [0.05, 0.1) is 30.1 Å². The van der Waals surface area contributed by atoms with E-state index in [0.29, 0.717) is 27.2 Å². The second-order valence-electron chi connectivity index (χ2n) is 4.68. The normalized spacial score (nSPS) is 9.96. The first-order chi connectivity index (χ1) is 11.5. The summed E-state index contributed by atoms with van der Waals surface area (Å²) in [5.41, 5.74) is 0.872. The summed E-state index contributed by atoms with van der Waals surface area (Å²) in [6.07, 6.45) is 0. The molecule has 0 saturated carbocycles. The number of hydrogen-bond acceptors (Lipinski definition) is 3. The number of rotatable bonds is 5. The molecule has 24 heavy (non-hydrogen) atoms. The molecular formula is C16H15Cl2N3O3. The van der Waals surface area contributed by atoms with Gasteiger partial charge in [0.25, 0.3) is 0 Å². The molecule has 0 fully saturated rings. The van der Waals surface area contributed by atoms with Crippen LogP contribution in [-0.2, 0) is 4.79 Å². The van der Waals surface area contributed by atoms with E-state index in [9.17, 15) is 9.59 Å². The Balaban J connectivity index is 1.87. The van der Waals surface area contributed by atoms with E-state index in [1.54, 1.807) is 36.4 Å². The number of hydrogen-bond donors (Lipinski definition) is 3. The average Bonchev–Trinajstić information content (AvgIpc) is 2.57. The van der Waals surface area contributed by atoms with E-state index in [1.807, 2.05) is 0 Å². The molecule has 0 aliphatic rings. The number of anilines is 2. The molecule has 126 valence electrons. The van der Waals surface area contributed by atoms with Crippen LogP contribution in [0.3, 0.4) is 0 Å². The summed E-state index contributed by atoms with van der Waals surface area (Å²) in [7, 11) is 1.50. The van der Waals surface area contributed by atoms with Crippen LogP contribution >= 0.6 is 23.2 Å². The van der Waals surface area contributed by atoms with Crippen molar-refractivity contribution in [2.24, 2.45) is 0 Å². The van der Waals surface area contributed by atoms with Crippen molar-refractivity contribution in [3.63, 3.8) is 0 Å². The van der Waals surface area contributed by atoms with Crippen LogP contribution in [0, 0.1) is 0 Å². The molecule has 0 radical (unpaired) electrons. The van der Waals surface area contributed by atoms with Gasteiger partial charge in [-0.15, -0.1) is 0 Å². The maximum absolute atomic E-state index is 11.9. The fourth-order valence-electron chi connectivity index (χ4n) is 1.86. The monoisotopic (exact) mass is 367 g/mol. The number of methoxy groups -OCH3 is 1. The topological polar surface area (TPSA) is 79.5 Å². The molecule has 0 unspecified atom stereocenters. The first-order valence-electron chi connectivity index (χ1n) is 6.92. The number of urea groups is 1. The molecule has 0 aromatic heterocycles. The van der Waals surface area contributed by atoms with Crippen LogP contribution in [-0.4, -0.2) is 25.6 Å². The van der Waals surface area contributed by atoms with Gasteiger partial charge in [-0.05, 0) is 30.3 Å². The van der Waals surface area contributed by atoms with E-state index in [0.717, 1.165) is 0 Å². The summed E-state index contributed by atoms with van der Waals surface area (Å²) in [4.78, 5) is 23.7. The van der Waals surface area contributed by atoms with E-state index in [2.05, 4.69) is 16.0 Å². The Morgan fingerprint density at radius 2 is 1.79 bits per heavy atom. The smallest absolute Gasteiger partial charge is 0.319 e. The molecule has 0 aliphatic heterocycles. The Kier molecular flexibility index (Phi) is 6.28. The summed E-state index contributed by atoms with van der Waals surface area (Å²) >= 11 is 11.8. The molecule has 0 aliphatic carbocycles. The third-order valence-electron chi connectivity index (χ3n) is 2.97. The molecule has 0 saturated heterocycles. The van der Waals surface area contributed by atoms with Crippen molar-refractivity contribution in [2.75, 3.05) is 24.3 Å². The molecule has 3 N–H and O–H groups in total. The maximum Gasteiger partial charge on any atom is 0.319 e. The number of amides is 3. The van der Waals surface area contributed by atoms with Crippen molar-refractivity contribution in [2.45, 2.75) is 0 Å². The van der Waals surface area contributed by atoms with Crippen molar-refractivity contribution in [3.05, 3.63) is 52.5 Å². The van der Waals surface area contributed by atoms with E-state index < -0.39 is 11.9 Å². The van der Waals surface area contributed by atoms with Crippen LogP contribution in [0.2, 0.25) is 10.0 Å². The van der Waals surface area contributed by atoms with Gasteiger partial charge in [-0.3, -0.25) is 4.79 Å². The van der Waals surface area contributed by atoms with Gasteiger partial charge in [0, 0.05) is 5.02 Å². The van der Waals surface area contributed by atoms with Crippen LogP contribution in [0.1, 0.15) is 0 Å². The van der Waals surface area contributed by atoms with E-state index >= 15 is 0 Å². The molecule has 6 nitrogen and oxygen atoms in total. The number of halogens is 2. The highest BCUT2D eigenvalue weighted by Crippen LogP contribution is 2.25. The second-order valence-corrected chi connectivity index (χ2v) is 5.52. The van der Waals surface area contributed by atoms with Gasteiger partial charge in [-0.25, -0.2) is 4.79 Å². The van der Waals surface area contributed by atoms with Crippen molar-refractivity contribution >= 4 is 46.5 Å². The van der Waals surface area contributed by atoms with Gasteiger partial charge in [0.1, 0.15) is 5.75 Å². The predicted molar refractivity (Wildman–Crippen MR) is 95.1 cm³/mol. The highest BCUT2D eigenvalue weighted by atomic mass is 35.5. The van der Waals surface area contributed by atoms with Crippen LogP contribution in [0.4, 0.5) is 16.2 Å². The molecule has 0 heterocycles. The zero-order valence-electron chi connectivity index (χ0n) is 12.7. The Morgan fingerprint density at radius 1 is 1.04 bits per heavy atom. The summed E-state index contributed by atoms with van der Waals surface area (Å²) in [5.74, 6) is 0.0807. The van der Waals surface area contributed by atoms with E-state index in [-0.39, 0.29) is 6.54 Å². The second kappa shape index (κ2) is 8.42. The Labute approximate surface area is 149 Å². The van der Waals surface area contributed by atoms with Gasteiger partial charge < -0.3 is 20.7 Å². The molecular weight excluding hydrogens is 353 g/mol. The summed E-state index contributed by atoms with van der Waals surface area (Å²) in [5, 5.41) is 8.41. The first-order valence-corrected chi connectivity index (χ1v) is 7.68. The van der Waals surface area contributed by atoms with Gasteiger partial charge >= 0.3 is 6.03 Å². The number of benzene rings is 2. The quantitative estimate of drug-likeness (QED) is 0.752. The highest BCUT2D eigenvalue weighted by Gasteiger charge is 2.10. The molecule has 2 rings (SSSR count). The number of nitrogens with one attached hydrogen (secondary N) is 3. The third-order valence-corrected chi connectivity index (χ3v) is 3.53. The third kappa shape index (κ3) is 5.04. The first kappa shape index (κ1) is 17.9. The fourth-order valence-corrected chi connectivity index (χ4v) is 2.20. The minimum absolute atomic E-state index is 0.232. The molecule has 0 bridgehead atoms. The van der Waals surface area contributed by atoms with Crippen molar-refractivity contribution in [1.29, 1.82) is 0 Å². The standard InChI is InChI=1S/C16H15Cl2N3O3/c1-24-14-5-3-2-4-12(14)21-16(23)19-9-15(22)20-13-8-10(17)6-7-11(13)18/h2-8H,9H2,1H3,(H,20,22)(H2,19,21,23). The van der Waals surface area contributed by atoms with Gasteiger partial charge in [0.2, 0.25) is 5.91 Å². The van der Waals surface area contributed by atoms with Gasteiger partial charge in [-0.1, -0.05) is 35.3 Å². The largest absolute Gasteiger partial charge is 0.495 e. The number of carbonyl (C=O) groups is 2. The van der Waals surface area contributed by atoms with Crippen molar-refractivity contribution < 1.29 is 14.3 Å². The fraction of sp³-hybridized carbons (Fsp3) is 0.125. The lowest BCUT2D eigenvalue weighted by Crippen LogP contribution is -2.35. The number of carbonyl (C=O) groups excluding carboxylic acids is 2. The lowest BCUT2D eigenvalue weighted by atomic mass is 10.3. The van der Waals surface area contributed by atoms with Crippen molar-refractivity contribution in [3.8, 4) is 5.75 Å². The molecule has 2 aromatic carbocycles. The Hall–Kier alpha value is -2.44. The van der Waals surface area contributed by atoms with E-state index in [4.69, 9.17) is 27.9 Å². The molecule has 2 aromatic rings. The SMILES string of the molecule is COc1ccccc1NC(=O)NCC(=O)Nc1cc(Cl)ccc1Cl. The van der Waals surface area contributed by atoms with Crippen molar-refractivity contribution in [1.82, 2.24) is 5.32 Å². The summed E-state index contributed by atoms with van der Waals surface area (Å²) in [6, 6.07) is 11.1. The van der Waals surface area contributed by atoms with Gasteiger partial charge in [-0.2, -0.15) is 0 Å². The van der Waals surface area contributed by atoms with Crippen LogP contribution < -0.4 is 20.7 Å². The Morgan fingerprint density at radius 3 is 2.54 bits per heavy atom. The zero-order valence-corrected chi connectivity index (χ0v) is 14.2. The van der Waals surface area contributed by atoms with Crippen LogP contribution in [0.5, 0.6) is 5.75 Å². The summed E-state index contributed by atoms with van der Waals surface area (Å²) in [6.45, 7) is -0.232. The summed E-state index contributed by atoms with van der Waals surface area (Å²) < 4.78 is 5.13. The Bertz CT molecular complexity index is 753. The highest BCUT2D eigenvalue weighted by molar-refractivity contribution is 6.35. The molecule has 8 heteroatoms. The molecule has 0 atom stereocenters.